The van der Waals surface area contributed by atoms with Crippen molar-refractivity contribution in [3.05, 3.63) is 29.4 Å². The summed E-state index contributed by atoms with van der Waals surface area (Å²) >= 11 is 3.30. The molecule has 0 saturated carbocycles. The summed E-state index contributed by atoms with van der Waals surface area (Å²) in [4.78, 5) is 22.4. The molecule has 0 unspecified atom stereocenters. The van der Waals surface area contributed by atoms with Gasteiger partial charge in [0.2, 0.25) is 0 Å². The number of halogens is 1. The van der Waals surface area contributed by atoms with Crippen molar-refractivity contribution in [2.45, 2.75) is 18.9 Å². The van der Waals surface area contributed by atoms with Crippen molar-refractivity contribution in [3.63, 3.8) is 0 Å². The number of carbonyl (C=O) groups is 1. The molecule has 0 aliphatic carbocycles. The van der Waals surface area contributed by atoms with Crippen molar-refractivity contribution in [1.82, 2.24) is 29.2 Å². The van der Waals surface area contributed by atoms with Crippen LogP contribution in [0, 0.1) is 0 Å². The minimum absolute atomic E-state index is 0.317. The summed E-state index contributed by atoms with van der Waals surface area (Å²) in [6, 6.07) is 0.371. The first-order valence-electron chi connectivity index (χ1n) is 8.03. The Bertz CT molecular complexity index is 941. The molecule has 0 atom stereocenters. The number of fused-ring (bicyclic) bond motifs is 1. The van der Waals surface area contributed by atoms with Crippen LogP contribution in [0.3, 0.4) is 0 Å². The molecule has 4 rings (SSSR count). The normalized spacial score (nSPS) is 16.6. The zero-order valence-corrected chi connectivity index (χ0v) is 15.2. The maximum atomic E-state index is 11.5. The van der Waals surface area contributed by atoms with Crippen LogP contribution in [0.2, 0.25) is 0 Å². The lowest BCUT2D eigenvalue weighted by atomic mass is 10.1. The molecule has 130 valence electrons. The van der Waals surface area contributed by atoms with Gasteiger partial charge in [0.1, 0.15) is 10.1 Å². The van der Waals surface area contributed by atoms with Gasteiger partial charge in [0.25, 0.3) is 0 Å². The minimum atomic E-state index is -1.09. The van der Waals surface area contributed by atoms with Gasteiger partial charge in [-0.2, -0.15) is 5.10 Å². The minimum Gasteiger partial charge on any atom is -0.464 e. The molecule has 9 heteroatoms. The Morgan fingerprint density at radius 2 is 2.04 bits per heavy atom. The van der Waals surface area contributed by atoms with Gasteiger partial charge in [-0.15, -0.1) is 0 Å². The van der Waals surface area contributed by atoms with E-state index in [9.17, 15) is 9.90 Å². The maximum Gasteiger partial charge on any atom is 0.417 e. The molecule has 3 aromatic heterocycles. The Morgan fingerprint density at radius 1 is 1.28 bits per heavy atom. The van der Waals surface area contributed by atoms with E-state index in [-0.39, 0.29) is 0 Å². The van der Waals surface area contributed by atoms with Crippen LogP contribution in [-0.2, 0) is 0 Å². The summed E-state index contributed by atoms with van der Waals surface area (Å²) in [6.07, 6.45) is 7.81. The first kappa shape index (κ1) is 16.2. The second kappa shape index (κ2) is 6.23. The van der Waals surface area contributed by atoms with Gasteiger partial charge in [-0.1, -0.05) is 0 Å². The summed E-state index contributed by atoms with van der Waals surface area (Å²) in [5.41, 5.74) is 2.42. The third kappa shape index (κ3) is 2.93. The first-order chi connectivity index (χ1) is 12.0. The second-order valence-electron chi connectivity index (χ2n) is 6.30. The SMILES string of the molecule is CN1CCC(n2cc(-c3cn(C(=O)O)c4ncc(Br)nc34)cn2)CC1. The van der Waals surface area contributed by atoms with E-state index < -0.39 is 6.09 Å². The van der Waals surface area contributed by atoms with Crippen molar-refractivity contribution in [3.8, 4) is 11.1 Å². The number of piperidine rings is 1. The molecule has 0 amide bonds. The lowest BCUT2D eigenvalue weighted by Gasteiger charge is -2.28. The summed E-state index contributed by atoms with van der Waals surface area (Å²) in [5, 5.41) is 13.9. The van der Waals surface area contributed by atoms with E-state index in [1.54, 1.807) is 12.4 Å². The Morgan fingerprint density at radius 3 is 2.76 bits per heavy atom. The molecule has 8 nitrogen and oxygen atoms in total. The highest BCUT2D eigenvalue weighted by atomic mass is 79.9. The van der Waals surface area contributed by atoms with Gasteiger partial charge in [-0.25, -0.2) is 19.3 Å². The van der Waals surface area contributed by atoms with E-state index in [2.05, 4.69) is 42.9 Å². The fraction of sp³-hybridized carbons (Fsp3) is 0.375. The van der Waals surface area contributed by atoms with Crippen LogP contribution in [0.1, 0.15) is 18.9 Å². The molecule has 1 aliphatic rings. The van der Waals surface area contributed by atoms with Crippen LogP contribution in [0.15, 0.2) is 29.4 Å². The van der Waals surface area contributed by atoms with E-state index in [1.165, 1.54) is 6.20 Å². The third-order valence-corrected chi connectivity index (χ3v) is 5.03. The second-order valence-corrected chi connectivity index (χ2v) is 7.12. The topological polar surface area (TPSA) is 89.1 Å². The Labute approximate surface area is 152 Å². The largest absolute Gasteiger partial charge is 0.464 e. The van der Waals surface area contributed by atoms with Crippen molar-refractivity contribution < 1.29 is 9.90 Å². The lowest BCUT2D eigenvalue weighted by Crippen LogP contribution is -2.31. The molecule has 25 heavy (non-hydrogen) atoms. The van der Waals surface area contributed by atoms with Crippen molar-refractivity contribution in [2.75, 3.05) is 20.1 Å². The maximum absolute atomic E-state index is 11.5. The summed E-state index contributed by atoms with van der Waals surface area (Å²) in [7, 11) is 2.13. The van der Waals surface area contributed by atoms with E-state index >= 15 is 0 Å². The van der Waals surface area contributed by atoms with Crippen LogP contribution in [-0.4, -0.2) is 60.6 Å². The van der Waals surface area contributed by atoms with Gasteiger partial charge < -0.3 is 10.0 Å². The predicted molar refractivity (Wildman–Crippen MR) is 95.6 cm³/mol. The van der Waals surface area contributed by atoms with E-state index in [0.717, 1.165) is 36.1 Å². The van der Waals surface area contributed by atoms with E-state index in [0.29, 0.717) is 27.4 Å². The Balaban J connectivity index is 1.75. The highest BCUT2D eigenvalue weighted by Gasteiger charge is 2.21. The molecule has 1 N–H and O–H groups in total. The number of hydrogen-bond donors (Lipinski definition) is 1. The van der Waals surface area contributed by atoms with Gasteiger partial charge in [0, 0.05) is 23.5 Å². The molecule has 3 aromatic rings. The zero-order valence-electron chi connectivity index (χ0n) is 13.6. The van der Waals surface area contributed by atoms with Gasteiger partial charge >= 0.3 is 6.09 Å². The first-order valence-corrected chi connectivity index (χ1v) is 8.82. The zero-order chi connectivity index (χ0) is 17.6. The van der Waals surface area contributed by atoms with Gasteiger partial charge in [0.15, 0.2) is 5.65 Å². The van der Waals surface area contributed by atoms with E-state index in [4.69, 9.17) is 0 Å². The van der Waals surface area contributed by atoms with Crippen LogP contribution in [0.25, 0.3) is 22.3 Å². The Kier molecular flexibility index (Phi) is 4.04. The van der Waals surface area contributed by atoms with Crippen LogP contribution >= 0.6 is 15.9 Å². The molecule has 0 radical (unpaired) electrons. The molecule has 4 heterocycles. The van der Waals surface area contributed by atoms with Crippen molar-refractivity contribution in [2.24, 2.45) is 0 Å². The molecular weight excluding hydrogens is 388 g/mol. The molecule has 0 aromatic carbocycles. The van der Waals surface area contributed by atoms with Gasteiger partial charge in [-0.05, 0) is 48.9 Å². The van der Waals surface area contributed by atoms with Crippen molar-refractivity contribution in [1.29, 1.82) is 0 Å². The third-order valence-electron chi connectivity index (χ3n) is 4.65. The number of rotatable bonds is 2. The molecular formula is C16H17BrN6O2. The summed E-state index contributed by atoms with van der Waals surface area (Å²) in [6.45, 7) is 2.10. The average molecular weight is 405 g/mol. The van der Waals surface area contributed by atoms with Crippen molar-refractivity contribution >= 4 is 33.2 Å². The molecule has 0 spiro atoms. The highest BCUT2D eigenvalue weighted by molar-refractivity contribution is 9.10. The molecule has 1 aliphatic heterocycles. The molecule has 1 fully saturated rings. The Hall–Kier alpha value is -2.26. The smallest absolute Gasteiger partial charge is 0.417 e. The number of nitrogens with zero attached hydrogens (tertiary/aromatic N) is 6. The van der Waals surface area contributed by atoms with Gasteiger partial charge in [0.05, 0.1) is 18.4 Å². The number of likely N-dealkylation sites (tertiary alicyclic amines) is 1. The molecule has 0 bridgehead atoms. The van der Waals surface area contributed by atoms with E-state index in [1.807, 2.05) is 10.9 Å². The highest BCUT2D eigenvalue weighted by Crippen LogP contribution is 2.30. The standard InChI is InChI=1S/C16H17BrN6O2/c1-21-4-2-11(3-5-21)23-8-10(6-19-23)12-9-22(16(24)25)15-14(12)20-13(17)7-18-15/h6-9,11H,2-5H2,1H3,(H,24,25). The fourth-order valence-corrected chi connectivity index (χ4v) is 3.54. The predicted octanol–water partition coefficient (Wildman–Crippen LogP) is 2.85. The number of aromatic nitrogens is 5. The molecule has 1 saturated heterocycles. The van der Waals surface area contributed by atoms with Crippen LogP contribution < -0.4 is 0 Å². The number of hydrogen-bond acceptors (Lipinski definition) is 5. The average Bonchev–Trinajstić information content (AvgIpc) is 3.19. The lowest BCUT2D eigenvalue weighted by molar-refractivity contribution is 0.197. The fourth-order valence-electron chi connectivity index (χ4n) is 3.26. The summed E-state index contributed by atoms with van der Waals surface area (Å²) in [5.74, 6) is 0. The van der Waals surface area contributed by atoms with Crippen LogP contribution in [0.4, 0.5) is 4.79 Å². The number of carboxylic acid groups (broad SMARTS) is 1. The van der Waals surface area contributed by atoms with Gasteiger partial charge in [-0.3, -0.25) is 4.68 Å². The quantitative estimate of drug-likeness (QED) is 0.706. The van der Waals surface area contributed by atoms with Crippen LogP contribution in [0.5, 0.6) is 0 Å². The monoisotopic (exact) mass is 404 g/mol. The summed E-state index contributed by atoms with van der Waals surface area (Å²) < 4.78 is 3.64.